The Morgan fingerprint density at radius 1 is 1.07 bits per heavy atom. The Balaban J connectivity index is 2.39. The number of halogens is 5. The van der Waals surface area contributed by atoms with Crippen molar-refractivity contribution in [3.05, 3.63) is 35.4 Å². The highest BCUT2D eigenvalue weighted by Gasteiger charge is 2.63. The number of rotatable bonds is 4. The van der Waals surface area contributed by atoms with E-state index in [1.807, 2.05) is 0 Å². The molecule has 1 saturated heterocycles. The molecule has 0 aromatic heterocycles. The van der Waals surface area contributed by atoms with Gasteiger partial charge in [-0.2, -0.15) is 13.2 Å². The van der Waals surface area contributed by atoms with Gasteiger partial charge in [-0.05, 0) is 44.9 Å². The van der Waals surface area contributed by atoms with Crippen molar-refractivity contribution in [2.45, 2.75) is 57.5 Å². The Kier molecular flexibility index (Phi) is 6.44. The van der Waals surface area contributed by atoms with Gasteiger partial charge < -0.3 is 9.47 Å². The molecule has 1 aromatic rings. The number of methoxy groups -OCH3 is 1. The van der Waals surface area contributed by atoms with Crippen LogP contribution in [0, 0.1) is 17.6 Å². The first kappa shape index (κ1) is 22.9. The van der Waals surface area contributed by atoms with Crippen molar-refractivity contribution in [3.8, 4) is 0 Å². The van der Waals surface area contributed by atoms with Gasteiger partial charge >= 0.3 is 18.2 Å². The number of carbonyl (C=O) groups excluding carboxylic acids is 2. The molecule has 0 unspecified atom stereocenters. The second-order valence-electron chi connectivity index (χ2n) is 7.87. The van der Waals surface area contributed by atoms with E-state index < -0.39 is 59.9 Å². The fraction of sp³-hybridized carbons (Fsp3) is 0.579. The average molecular weight is 423 g/mol. The second-order valence-corrected chi connectivity index (χ2v) is 7.87. The monoisotopic (exact) mass is 423 g/mol. The molecule has 1 amide bonds. The molecule has 162 valence electrons. The minimum Gasteiger partial charge on any atom is -0.469 e. The molecule has 1 fully saturated rings. The SMILES string of the molecule is COC(=O)C[C@@H]1[C@@H](Cc2cc(F)cc(F)c2)[C@H](C(F)(F)F)N1C(=O)OC(C)(C)C. The fourth-order valence-corrected chi connectivity index (χ4v) is 3.44. The molecule has 0 spiro atoms. The Bertz CT molecular complexity index is 755. The number of benzene rings is 1. The number of likely N-dealkylation sites (tertiary alicyclic amines) is 1. The summed E-state index contributed by atoms with van der Waals surface area (Å²) in [6, 6.07) is -1.03. The Labute approximate surface area is 164 Å². The van der Waals surface area contributed by atoms with E-state index in [4.69, 9.17) is 4.74 Å². The molecule has 1 aliphatic rings. The van der Waals surface area contributed by atoms with Crippen molar-refractivity contribution in [3.63, 3.8) is 0 Å². The third kappa shape index (κ3) is 5.57. The van der Waals surface area contributed by atoms with E-state index >= 15 is 0 Å². The van der Waals surface area contributed by atoms with Crippen LogP contribution in [0.4, 0.5) is 26.7 Å². The highest BCUT2D eigenvalue weighted by molar-refractivity contribution is 5.75. The van der Waals surface area contributed by atoms with Crippen LogP contribution in [0.5, 0.6) is 0 Å². The Hall–Kier alpha value is -2.39. The normalized spacial score (nSPS) is 22.1. The minimum absolute atomic E-state index is 0.0135. The molecule has 0 bridgehead atoms. The lowest BCUT2D eigenvalue weighted by molar-refractivity contribution is -0.244. The summed E-state index contributed by atoms with van der Waals surface area (Å²) < 4.78 is 77.7. The summed E-state index contributed by atoms with van der Waals surface area (Å²) in [5.74, 6) is -3.99. The van der Waals surface area contributed by atoms with Gasteiger partial charge in [0.05, 0.1) is 19.6 Å². The van der Waals surface area contributed by atoms with Crippen molar-refractivity contribution >= 4 is 12.1 Å². The smallest absolute Gasteiger partial charge is 0.411 e. The van der Waals surface area contributed by atoms with Crippen molar-refractivity contribution in [1.82, 2.24) is 4.90 Å². The van der Waals surface area contributed by atoms with E-state index in [0.717, 1.165) is 19.2 Å². The maximum atomic E-state index is 13.7. The first-order valence-electron chi connectivity index (χ1n) is 8.82. The van der Waals surface area contributed by atoms with Gasteiger partial charge in [-0.25, -0.2) is 13.6 Å². The predicted molar refractivity (Wildman–Crippen MR) is 91.9 cm³/mol. The predicted octanol–water partition coefficient (Wildman–Crippen LogP) is 4.24. The van der Waals surface area contributed by atoms with E-state index in [2.05, 4.69) is 4.74 Å². The summed E-state index contributed by atoms with van der Waals surface area (Å²) in [4.78, 5) is 24.6. The van der Waals surface area contributed by atoms with Crippen LogP contribution in [-0.2, 0) is 20.7 Å². The molecule has 0 saturated carbocycles. The molecule has 5 nitrogen and oxygen atoms in total. The standard InChI is InChI=1S/C19H22F5NO4/c1-18(2,3)29-17(27)25-14(9-15(26)28-4)13(16(25)19(22,23)24)7-10-5-11(20)8-12(21)6-10/h5-6,8,13-14,16H,7,9H2,1-4H3/t13-,14-,16-/m1/s1. The number of alkyl halides is 3. The van der Waals surface area contributed by atoms with Gasteiger partial charge in [-0.3, -0.25) is 9.69 Å². The molecular formula is C19H22F5NO4. The maximum absolute atomic E-state index is 13.7. The van der Waals surface area contributed by atoms with Crippen LogP contribution < -0.4 is 0 Å². The first-order chi connectivity index (χ1) is 13.2. The fourth-order valence-electron chi connectivity index (χ4n) is 3.44. The summed E-state index contributed by atoms with van der Waals surface area (Å²) in [5.41, 5.74) is -1.07. The lowest BCUT2D eigenvalue weighted by atomic mass is 9.74. The van der Waals surface area contributed by atoms with Crippen LogP contribution in [-0.4, -0.2) is 47.9 Å². The summed E-state index contributed by atoms with van der Waals surface area (Å²) in [6.07, 6.45) is -6.96. The van der Waals surface area contributed by atoms with Crippen molar-refractivity contribution in [1.29, 1.82) is 0 Å². The summed E-state index contributed by atoms with van der Waals surface area (Å²) in [6.45, 7) is 4.49. The van der Waals surface area contributed by atoms with Gasteiger partial charge in [0.15, 0.2) is 0 Å². The van der Waals surface area contributed by atoms with Gasteiger partial charge in [0.2, 0.25) is 0 Å². The number of hydrogen-bond donors (Lipinski definition) is 0. The molecule has 0 N–H and O–H groups in total. The van der Waals surface area contributed by atoms with E-state index in [1.54, 1.807) is 0 Å². The van der Waals surface area contributed by atoms with Gasteiger partial charge in [-0.15, -0.1) is 0 Å². The number of carbonyl (C=O) groups is 2. The largest absolute Gasteiger partial charge is 0.469 e. The quantitative estimate of drug-likeness (QED) is 0.537. The van der Waals surface area contributed by atoms with Crippen molar-refractivity contribution < 1.29 is 41.0 Å². The van der Waals surface area contributed by atoms with Crippen LogP contribution in [0.25, 0.3) is 0 Å². The van der Waals surface area contributed by atoms with Crippen LogP contribution in [0.1, 0.15) is 32.8 Å². The number of ether oxygens (including phenoxy) is 2. The van der Waals surface area contributed by atoms with E-state index in [9.17, 15) is 31.5 Å². The summed E-state index contributed by atoms with van der Waals surface area (Å²) >= 11 is 0. The third-order valence-corrected chi connectivity index (χ3v) is 4.49. The second kappa shape index (κ2) is 8.16. The maximum Gasteiger partial charge on any atom is 0.411 e. The molecule has 0 aliphatic carbocycles. The molecule has 0 radical (unpaired) electrons. The van der Waals surface area contributed by atoms with Gasteiger partial charge in [0.1, 0.15) is 23.3 Å². The Morgan fingerprint density at radius 2 is 1.62 bits per heavy atom. The minimum atomic E-state index is -4.83. The summed E-state index contributed by atoms with van der Waals surface area (Å²) in [7, 11) is 1.07. The molecule has 29 heavy (non-hydrogen) atoms. The van der Waals surface area contributed by atoms with Gasteiger partial charge in [0.25, 0.3) is 0 Å². The molecular weight excluding hydrogens is 401 g/mol. The number of nitrogens with zero attached hydrogens (tertiary/aromatic N) is 1. The molecule has 1 aromatic carbocycles. The van der Waals surface area contributed by atoms with Crippen LogP contribution in [0.15, 0.2) is 18.2 Å². The zero-order valence-electron chi connectivity index (χ0n) is 16.3. The van der Waals surface area contributed by atoms with Gasteiger partial charge in [0, 0.05) is 12.0 Å². The first-order valence-corrected chi connectivity index (χ1v) is 8.82. The van der Waals surface area contributed by atoms with E-state index in [-0.39, 0.29) is 12.0 Å². The van der Waals surface area contributed by atoms with E-state index in [0.29, 0.717) is 11.0 Å². The van der Waals surface area contributed by atoms with E-state index in [1.165, 1.54) is 20.8 Å². The van der Waals surface area contributed by atoms with Gasteiger partial charge in [-0.1, -0.05) is 0 Å². The third-order valence-electron chi connectivity index (χ3n) is 4.49. The highest BCUT2D eigenvalue weighted by Crippen LogP contribution is 2.46. The lowest BCUT2D eigenvalue weighted by Gasteiger charge is -2.54. The molecule has 1 heterocycles. The number of esters is 1. The van der Waals surface area contributed by atoms with Crippen molar-refractivity contribution in [2.75, 3.05) is 7.11 Å². The molecule has 2 rings (SSSR count). The summed E-state index contributed by atoms with van der Waals surface area (Å²) in [5, 5.41) is 0. The average Bonchev–Trinajstić information content (AvgIpc) is 2.51. The van der Waals surface area contributed by atoms with Crippen LogP contribution in [0.2, 0.25) is 0 Å². The number of hydrogen-bond acceptors (Lipinski definition) is 4. The zero-order valence-corrected chi connectivity index (χ0v) is 16.3. The molecule has 1 aliphatic heterocycles. The Morgan fingerprint density at radius 3 is 2.07 bits per heavy atom. The number of amides is 1. The van der Waals surface area contributed by atoms with Crippen LogP contribution >= 0.6 is 0 Å². The zero-order chi connectivity index (χ0) is 22.1. The lowest BCUT2D eigenvalue weighted by Crippen LogP contribution is -2.72. The molecule has 10 heteroatoms. The topological polar surface area (TPSA) is 55.8 Å². The molecule has 3 atom stereocenters. The van der Waals surface area contributed by atoms with Crippen LogP contribution in [0.3, 0.4) is 0 Å². The highest BCUT2D eigenvalue weighted by atomic mass is 19.4. The van der Waals surface area contributed by atoms with Crippen molar-refractivity contribution in [2.24, 2.45) is 5.92 Å².